The van der Waals surface area contributed by atoms with Crippen molar-refractivity contribution in [2.75, 3.05) is 7.11 Å². The number of nitrogens with one attached hydrogen (secondary N) is 1. The summed E-state index contributed by atoms with van der Waals surface area (Å²) in [5.74, 6) is 2.60. The largest absolute Gasteiger partial charge is 0.496 e. The molecule has 0 heterocycles. The Labute approximate surface area is 117 Å². The second-order valence-electron chi connectivity index (χ2n) is 6.13. The van der Waals surface area contributed by atoms with Gasteiger partial charge in [-0.05, 0) is 37.7 Å². The average Bonchev–Trinajstić information content (AvgIpc) is 2.42. The van der Waals surface area contributed by atoms with Crippen molar-refractivity contribution in [3.63, 3.8) is 0 Å². The average molecular weight is 261 g/mol. The van der Waals surface area contributed by atoms with Crippen LogP contribution in [-0.4, -0.2) is 13.2 Å². The highest BCUT2D eigenvalue weighted by atomic mass is 16.5. The maximum Gasteiger partial charge on any atom is 0.123 e. The molecule has 1 aromatic carbocycles. The summed E-state index contributed by atoms with van der Waals surface area (Å²) in [6.07, 6.45) is 4.01. The van der Waals surface area contributed by atoms with Crippen LogP contribution in [0.25, 0.3) is 0 Å². The number of methoxy groups -OCH3 is 1. The van der Waals surface area contributed by atoms with Crippen LogP contribution in [0.15, 0.2) is 24.3 Å². The Hall–Kier alpha value is -1.02. The molecule has 2 nitrogen and oxygen atoms in total. The van der Waals surface area contributed by atoms with E-state index in [2.05, 4.69) is 38.2 Å². The van der Waals surface area contributed by atoms with Gasteiger partial charge in [-0.3, -0.25) is 0 Å². The predicted octanol–water partition coefficient (Wildman–Crippen LogP) is 4.17. The zero-order valence-electron chi connectivity index (χ0n) is 12.6. The van der Waals surface area contributed by atoms with Gasteiger partial charge in [0.25, 0.3) is 0 Å². The van der Waals surface area contributed by atoms with Gasteiger partial charge in [-0.15, -0.1) is 0 Å². The molecule has 1 aliphatic rings. The Morgan fingerprint density at radius 3 is 2.68 bits per heavy atom. The topological polar surface area (TPSA) is 21.3 Å². The summed E-state index contributed by atoms with van der Waals surface area (Å²) in [5.41, 5.74) is 1.26. The lowest BCUT2D eigenvalue weighted by Gasteiger charge is -2.35. The number of benzene rings is 1. The molecule has 19 heavy (non-hydrogen) atoms. The first kappa shape index (κ1) is 14.4. The molecule has 2 heteroatoms. The molecule has 106 valence electrons. The van der Waals surface area contributed by atoms with Gasteiger partial charge < -0.3 is 10.1 Å². The molecule has 0 saturated heterocycles. The van der Waals surface area contributed by atoms with E-state index in [-0.39, 0.29) is 0 Å². The van der Waals surface area contributed by atoms with Crippen molar-refractivity contribution in [1.29, 1.82) is 0 Å². The minimum Gasteiger partial charge on any atom is -0.496 e. The SMILES string of the molecule is COc1ccccc1[C@@H](C)NC1CC(C)CCC1C. The van der Waals surface area contributed by atoms with Gasteiger partial charge in [0, 0.05) is 17.6 Å². The van der Waals surface area contributed by atoms with Crippen LogP contribution in [0.5, 0.6) is 5.75 Å². The molecule has 1 aliphatic carbocycles. The molecule has 0 bridgehead atoms. The Morgan fingerprint density at radius 2 is 1.95 bits per heavy atom. The lowest BCUT2D eigenvalue weighted by atomic mass is 9.79. The summed E-state index contributed by atoms with van der Waals surface area (Å²) < 4.78 is 5.46. The maximum atomic E-state index is 5.46. The zero-order valence-corrected chi connectivity index (χ0v) is 12.6. The van der Waals surface area contributed by atoms with Crippen molar-refractivity contribution in [2.45, 2.75) is 52.1 Å². The second-order valence-corrected chi connectivity index (χ2v) is 6.13. The number of para-hydroxylation sites is 1. The lowest BCUT2D eigenvalue weighted by Crippen LogP contribution is -2.40. The van der Waals surface area contributed by atoms with E-state index in [0.29, 0.717) is 12.1 Å². The van der Waals surface area contributed by atoms with Crippen molar-refractivity contribution < 1.29 is 4.74 Å². The third kappa shape index (κ3) is 3.50. The molecule has 0 spiro atoms. The fourth-order valence-electron chi connectivity index (χ4n) is 3.20. The summed E-state index contributed by atoms with van der Waals surface area (Å²) >= 11 is 0. The van der Waals surface area contributed by atoms with Gasteiger partial charge in [-0.25, -0.2) is 0 Å². The highest BCUT2D eigenvalue weighted by molar-refractivity contribution is 5.35. The molecule has 0 aromatic heterocycles. The highest BCUT2D eigenvalue weighted by Gasteiger charge is 2.27. The molecular formula is C17H27NO. The minimum atomic E-state index is 0.342. The smallest absolute Gasteiger partial charge is 0.123 e. The summed E-state index contributed by atoms with van der Waals surface area (Å²) in [6.45, 7) is 6.98. The van der Waals surface area contributed by atoms with Gasteiger partial charge in [-0.1, -0.05) is 38.5 Å². The van der Waals surface area contributed by atoms with Crippen LogP contribution >= 0.6 is 0 Å². The third-order valence-electron chi connectivity index (χ3n) is 4.53. The van der Waals surface area contributed by atoms with Crippen molar-refractivity contribution in [1.82, 2.24) is 5.32 Å². The second kappa shape index (κ2) is 6.42. The van der Waals surface area contributed by atoms with Crippen molar-refractivity contribution in [2.24, 2.45) is 11.8 Å². The first-order chi connectivity index (χ1) is 9.11. The van der Waals surface area contributed by atoms with Crippen LogP contribution in [0, 0.1) is 11.8 Å². The molecule has 1 saturated carbocycles. The van der Waals surface area contributed by atoms with Crippen LogP contribution < -0.4 is 10.1 Å². The zero-order chi connectivity index (χ0) is 13.8. The lowest BCUT2D eigenvalue weighted by molar-refractivity contribution is 0.215. The van der Waals surface area contributed by atoms with Crippen molar-refractivity contribution in [3.8, 4) is 5.75 Å². The Morgan fingerprint density at radius 1 is 1.21 bits per heavy atom. The summed E-state index contributed by atoms with van der Waals surface area (Å²) in [6, 6.07) is 9.29. The van der Waals surface area contributed by atoms with Gasteiger partial charge >= 0.3 is 0 Å². The van der Waals surface area contributed by atoms with Crippen LogP contribution in [0.3, 0.4) is 0 Å². The Kier molecular flexibility index (Phi) is 4.87. The van der Waals surface area contributed by atoms with Gasteiger partial charge in [0.1, 0.15) is 5.75 Å². The van der Waals surface area contributed by atoms with Crippen LogP contribution in [-0.2, 0) is 0 Å². The highest BCUT2D eigenvalue weighted by Crippen LogP contribution is 2.31. The third-order valence-corrected chi connectivity index (χ3v) is 4.53. The molecule has 3 unspecified atom stereocenters. The summed E-state index contributed by atoms with van der Waals surface area (Å²) in [5, 5.41) is 3.81. The van der Waals surface area contributed by atoms with Crippen molar-refractivity contribution in [3.05, 3.63) is 29.8 Å². The molecule has 1 N–H and O–H groups in total. The molecule has 1 fully saturated rings. The predicted molar refractivity (Wildman–Crippen MR) is 80.5 cm³/mol. The van der Waals surface area contributed by atoms with Gasteiger partial charge in [0.15, 0.2) is 0 Å². The van der Waals surface area contributed by atoms with Crippen LogP contribution in [0.2, 0.25) is 0 Å². The van der Waals surface area contributed by atoms with Gasteiger partial charge in [-0.2, -0.15) is 0 Å². The van der Waals surface area contributed by atoms with Crippen LogP contribution in [0.4, 0.5) is 0 Å². The summed E-state index contributed by atoms with van der Waals surface area (Å²) in [4.78, 5) is 0. The maximum absolute atomic E-state index is 5.46. The van der Waals surface area contributed by atoms with E-state index >= 15 is 0 Å². The molecular weight excluding hydrogens is 234 g/mol. The van der Waals surface area contributed by atoms with E-state index < -0.39 is 0 Å². The first-order valence-electron chi connectivity index (χ1n) is 7.50. The van der Waals surface area contributed by atoms with Crippen molar-refractivity contribution >= 4 is 0 Å². The summed E-state index contributed by atoms with van der Waals surface area (Å²) in [7, 11) is 1.75. The van der Waals surface area contributed by atoms with E-state index in [1.807, 2.05) is 12.1 Å². The number of rotatable bonds is 4. The Bertz CT molecular complexity index is 404. The minimum absolute atomic E-state index is 0.342. The molecule has 1 aromatic rings. The first-order valence-corrected chi connectivity index (χ1v) is 7.50. The molecule has 0 aliphatic heterocycles. The van der Waals surface area contributed by atoms with E-state index in [9.17, 15) is 0 Å². The van der Waals surface area contributed by atoms with Gasteiger partial charge in [0.05, 0.1) is 7.11 Å². The Balaban J connectivity index is 2.05. The molecule has 4 atom stereocenters. The number of ether oxygens (including phenoxy) is 1. The quantitative estimate of drug-likeness (QED) is 0.878. The standard InChI is InChI=1S/C17H27NO/c1-12-9-10-13(2)16(11-12)18-14(3)15-7-5-6-8-17(15)19-4/h5-8,12-14,16,18H,9-11H2,1-4H3/t12?,13?,14-,16?/m1/s1. The van der Waals surface area contributed by atoms with E-state index in [1.165, 1.54) is 24.8 Å². The van der Waals surface area contributed by atoms with E-state index in [1.54, 1.807) is 7.11 Å². The molecule has 2 rings (SSSR count). The molecule has 0 radical (unpaired) electrons. The van der Waals surface area contributed by atoms with Crippen LogP contribution in [0.1, 0.15) is 51.6 Å². The van der Waals surface area contributed by atoms with E-state index in [4.69, 9.17) is 4.74 Å². The monoisotopic (exact) mass is 261 g/mol. The molecule has 0 amide bonds. The fourth-order valence-corrected chi connectivity index (χ4v) is 3.20. The number of hydrogen-bond acceptors (Lipinski definition) is 2. The normalized spacial score (nSPS) is 28.9. The van der Waals surface area contributed by atoms with E-state index in [0.717, 1.165) is 17.6 Å². The van der Waals surface area contributed by atoms with Gasteiger partial charge in [0.2, 0.25) is 0 Å². The number of hydrogen-bond donors (Lipinski definition) is 1. The fraction of sp³-hybridized carbons (Fsp3) is 0.647.